The zero-order valence-electron chi connectivity index (χ0n) is 20.8. The SMILES string of the molecule is CNC(=O)[C@H](C)N(Cc1ccc(Cl)c(Cl)c1)C(=O)CN(c1cccc(Cl)c1)S(=O)(=O)c1ccc(OC)cc1. The van der Waals surface area contributed by atoms with Gasteiger partial charge in [-0.25, -0.2) is 8.42 Å². The molecule has 0 saturated carbocycles. The van der Waals surface area contributed by atoms with Crippen molar-refractivity contribution in [2.45, 2.75) is 24.4 Å². The minimum Gasteiger partial charge on any atom is -0.497 e. The van der Waals surface area contributed by atoms with E-state index < -0.39 is 34.4 Å². The number of carbonyl (C=O) groups is 2. The third-order valence-electron chi connectivity index (χ3n) is 5.77. The average Bonchev–Trinajstić information content (AvgIpc) is 2.91. The molecule has 0 heterocycles. The number of hydrogen-bond acceptors (Lipinski definition) is 5. The van der Waals surface area contributed by atoms with Gasteiger partial charge in [0.1, 0.15) is 18.3 Å². The number of carbonyl (C=O) groups excluding carboxylic acids is 2. The van der Waals surface area contributed by atoms with Crippen molar-refractivity contribution in [2.75, 3.05) is 25.0 Å². The lowest BCUT2D eigenvalue weighted by Gasteiger charge is -2.32. The van der Waals surface area contributed by atoms with Crippen molar-refractivity contribution in [1.29, 1.82) is 0 Å². The number of methoxy groups -OCH3 is 1. The number of benzene rings is 3. The molecule has 0 fully saturated rings. The summed E-state index contributed by atoms with van der Waals surface area (Å²) >= 11 is 18.3. The number of anilines is 1. The number of amides is 2. The van der Waals surface area contributed by atoms with E-state index in [1.54, 1.807) is 37.3 Å². The van der Waals surface area contributed by atoms with E-state index in [0.29, 0.717) is 16.3 Å². The van der Waals surface area contributed by atoms with E-state index >= 15 is 0 Å². The van der Waals surface area contributed by atoms with Crippen molar-refractivity contribution < 1.29 is 22.7 Å². The Morgan fingerprint density at radius 3 is 2.24 bits per heavy atom. The Bertz CT molecular complexity index is 1420. The zero-order valence-corrected chi connectivity index (χ0v) is 23.9. The van der Waals surface area contributed by atoms with Crippen molar-refractivity contribution in [2.24, 2.45) is 0 Å². The van der Waals surface area contributed by atoms with E-state index in [1.807, 2.05) is 0 Å². The molecule has 3 aromatic carbocycles. The maximum atomic E-state index is 13.8. The van der Waals surface area contributed by atoms with E-state index in [4.69, 9.17) is 39.5 Å². The number of nitrogens with one attached hydrogen (secondary N) is 1. The van der Waals surface area contributed by atoms with Crippen LogP contribution in [-0.2, 0) is 26.2 Å². The Hall–Kier alpha value is -2.98. The lowest BCUT2D eigenvalue weighted by Crippen LogP contribution is -2.50. The van der Waals surface area contributed by atoms with E-state index in [0.717, 1.165) is 4.31 Å². The van der Waals surface area contributed by atoms with Crippen LogP contribution in [-0.4, -0.2) is 51.9 Å². The molecular formula is C26H26Cl3N3O5S. The molecule has 0 aliphatic rings. The summed E-state index contributed by atoms with van der Waals surface area (Å²) in [5, 5.41) is 3.44. The number of halogens is 3. The Kier molecular flexibility index (Phi) is 9.89. The molecule has 0 bridgehead atoms. The molecule has 0 unspecified atom stereocenters. The molecule has 2 amide bonds. The molecule has 1 atom stereocenters. The number of sulfonamides is 1. The van der Waals surface area contributed by atoms with E-state index in [-0.39, 0.29) is 27.2 Å². The summed E-state index contributed by atoms with van der Waals surface area (Å²) in [5.41, 5.74) is 0.791. The van der Waals surface area contributed by atoms with Crippen LogP contribution in [0.4, 0.5) is 5.69 Å². The summed E-state index contributed by atoms with van der Waals surface area (Å²) in [7, 11) is -1.31. The number of rotatable bonds is 10. The molecule has 12 heteroatoms. The fourth-order valence-corrected chi connectivity index (χ4v) is 5.57. The Morgan fingerprint density at radius 2 is 1.66 bits per heavy atom. The molecular weight excluding hydrogens is 573 g/mol. The number of ether oxygens (including phenoxy) is 1. The third kappa shape index (κ3) is 6.91. The second-order valence-electron chi connectivity index (χ2n) is 8.23. The minimum absolute atomic E-state index is 0.0176. The highest BCUT2D eigenvalue weighted by Crippen LogP contribution is 2.28. The normalized spacial score (nSPS) is 11.9. The molecule has 0 aromatic heterocycles. The van der Waals surface area contributed by atoms with Gasteiger partial charge in [0.15, 0.2) is 0 Å². The molecule has 0 radical (unpaired) electrons. The van der Waals surface area contributed by atoms with Gasteiger partial charge < -0.3 is 15.0 Å². The first-order valence-electron chi connectivity index (χ1n) is 11.3. The predicted octanol–water partition coefficient (Wildman–Crippen LogP) is 5.01. The minimum atomic E-state index is -4.23. The van der Waals surface area contributed by atoms with Gasteiger partial charge >= 0.3 is 0 Å². The topological polar surface area (TPSA) is 96.0 Å². The van der Waals surface area contributed by atoms with Crippen molar-refractivity contribution in [3.8, 4) is 5.75 Å². The summed E-state index contributed by atoms with van der Waals surface area (Å²) in [6.07, 6.45) is 0. The summed E-state index contributed by atoms with van der Waals surface area (Å²) in [6.45, 7) is 0.934. The molecule has 3 rings (SSSR count). The highest BCUT2D eigenvalue weighted by atomic mass is 35.5. The molecule has 0 aliphatic carbocycles. The molecule has 3 aromatic rings. The van der Waals surface area contributed by atoms with Crippen LogP contribution < -0.4 is 14.4 Å². The maximum Gasteiger partial charge on any atom is 0.264 e. The second-order valence-corrected chi connectivity index (χ2v) is 11.3. The van der Waals surface area contributed by atoms with Gasteiger partial charge in [-0.1, -0.05) is 46.9 Å². The Labute approximate surface area is 237 Å². The van der Waals surface area contributed by atoms with Gasteiger partial charge in [0.25, 0.3) is 10.0 Å². The first-order valence-corrected chi connectivity index (χ1v) is 13.9. The summed E-state index contributed by atoms with van der Waals surface area (Å²) in [4.78, 5) is 27.5. The third-order valence-corrected chi connectivity index (χ3v) is 8.54. The molecule has 38 heavy (non-hydrogen) atoms. The number of hydrogen-bond donors (Lipinski definition) is 1. The standard InChI is InChI=1S/C26H26Cl3N3O5S/c1-17(26(34)30-2)31(15-18-7-12-23(28)24(29)13-18)25(33)16-32(20-6-4-5-19(27)14-20)38(35,36)22-10-8-21(37-3)9-11-22/h4-14,17H,15-16H2,1-3H3,(H,30,34)/t17-/m0/s1. The van der Waals surface area contributed by atoms with Crippen LogP contribution in [0, 0.1) is 0 Å². The van der Waals surface area contributed by atoms with E-state index in [2.05, 4.69) is 5.32 Å². The molecule has 0 spiro atoms. The van der Waals surface area contributed by atoms with E-state index in [1.165, 1.54) is 55.5 Å². The van der Waals surface area contributed by atoms with Gasteiger partial charge in [-0.3, -0.25) is 13.9 Å². The van der Waals surface area contributed by atoms with Crippen LogP contribution in [0.5, 0.6) is 5.75 Å². The van der Waals surface area contributed by atoms with Gasteiger partial charge in [0.05, 0.1) is 27.7 Å². The van der Waals surface area contributed by atoms with Gasteiger partial charge in [-0.15, -0.1) is 0 Å². The first-order chi connectivity index (χ1) is 18.0. The smallest absolute Gasteiger partial charge is 0.264 e. The molecule has 202 valence electrons. The summed E-state index contributed by atoms with van der Waals surface area (Å²) < 4.78 is 33.6. The molecule has 8 nitrogen and oxygen atoms in total. The predicted molar refractivity (Wildman–Crippen MR) is 150 cm³/mol. The van der Waals surface area contributed by atoms with Crippen LogP contribution in [0.15, 0.2) is 71.6 Å². The summed E-state index contributed by atoms with van der Waals surface area (Å²) in [6, 6.07) is 15.9. The van der Waals surface area contributed by atoms with Crippen molar-refractivity contribution in [3.05, 3.63) is 87.4 Å². The second kappa shape index (κ2) is 12.7. The largest absolute Gasteiger partial charge is 0.497 e. The van der Waals surface area contributed by atoms with Crippen molar-refractivity contribution in [3.63, 3.8) is 0 Å². The summed E-state index contributed by atoms with van der Waals surface area (Å²) in [5.74, 6) is -0.573. The lowest BCUT2D eigenvalue weighted by molar-refractivity contribution is -0.139. The lowest BCUT2D eigenvalue weighted by atomic mass is 10.1. The maximum absolute atomic E-state index is 13.8. The number of nitrogens with zero attached hydrogens (tertiary/aromatic N) is 2. The fraction of sp³-hybridized carbons (Fsp3) is 0.231. The zero-order chi connectivity index (χ0) is 28.0. The molecule has 1 N–H and O–H groups in total. The van der Waals surface area contributed by atoms with Gasteiger partial charge in [0.2, 0.25) is 11.8 Å². The van der Waals surface area contributed by atoms with Crippen LogP contribution in [0.1, 0.15) is 12.5 Å². The highest BCUT2D eigenvalue weighted by Gasteiger charge is 2.32. The van der Waals surface area contributed by atoms with Gasteiger partial charge in [-0.2, -0.15) is 0 Å². The van der Waals surface area contributed by atoms with Crippen molar-refractivity contribution >= 4 is 62.3 Å². The van der Waals surface area contributed by atoms with Crippen LogP contribution >= 0.6 is 34.8 Å². The van der Waals surface area contributed by atoms with Crippen LogP contribution in [0.25, 0.3) is 0 Å². The van der Waals surface area contributed by atoms with Gasteiger partial charge in [0, 0.05) is 18.6 Å². The number of likely N-dealkylation sites (N-methyl/N-ethyl adjacent to an activating group) is 1. The average molecular weight is 599 g/mol. The molecule has 0 aliphatic heterocycles. The van der Waals surface area contributed by atoms with Gasteiger partial charge in [-0.05, 0) is 67.1 Å². The van der Waals surface area contributed by atoms with Crippen LogP contribution in [0.2, 0.25) is 15.1 Å². The molecule has 0 saturated heterocycles. The van der Waals surface area contributed by atoms with E-state index in [9.17, 15) is 18.0 Å². The fourth-order valence-electron chi connectivity index (χ4n) is 3.66. The van der Waals surface area contributed by atoms with Crippen molar-refractivity contribution in [1.82, 2.24) is 10.2 Å². The quantitative estimate of drug-likeness (QED) is 0.354. The Balaban J connectivity index is 2.04. The monoisotopic (exact) mass is 597 g/mol. The first kappa shape index (κ1) is 29.6. The van der Waals surface area contributed by atoms with Crippen LogP contribution in [0.3, 0.4) is 0 Å². The highest BCUT2D eigenvalue weighted by molar-refractivity contribution is 7.92. The Morgan fingerprint density at radius 1 is 0.974 bits per heavy atom.